The van der Waals surface area contributed by atoms with E-state index in [1.54, 1.807) is 0 Å². The van der Waals surface area contributed by atoms with Crippen molar-refractivity contribution in [2.24, 2.45) is 0 Å². The molecule has 3 rings (SSSR count). The molecule has 130 valence electrons. The van der Waals surface area contributed by atoms with E-state index in [0.717, 1.165) is 31.0 Å². The molecule has 0 unspecified atom stereocenters. The highest BCUT2D eigenvalue weighted by Gasteiger charge is 2.30. The molecule has 0 radical (unpaired) electrons. The van der Waals surface area contributed by atoms with Gasteiger partial charge in [-0.25, -0.2) is 4.79 Å². The van der Waals surface area contributed by atoms with Crippen LogP contribution in [0.25, 0.3) is 0 Å². The largest absolute Gasteiger partial charge is 0.326 e. The number of anilines is 2. The minimum atomic E-state index is -0.0365. The molecule has 0 saturated carbocycles. The zero-order valence-electron chi connectivity index (χ0n) is 14.3. The SMILES string of the molecule is CCC(=O)Nc1ccc(NC(=O)N2CCN3CCCC[C@H]3C2)cc1. The summed E-state index contributed by atoms with van der Waals surface area (Å²) >= 11 is 0. The predicted octanol–water partition coefficient (Wildman–Crippen LogP) is 2.74. The Balaban J connectivity index is 1.53. The molecule has 1 aromatic rings. The van der Waals surface area contributed by atoms with Gasteiger partial charge in [0.2, 0.25) is 5.91 Å². The van der Waals surface area contributed by atoms with Crippen molar-refractivity contribution in [3.63, 3.8) is 0 Å². The molecule has 3 amide bonds. The van der Waals surface area contributed by atoms with Crippen LogP contribution in [0.1, 0.15) is 32.6 Å². The number of piperidine rings is 1. The summed E-state index contributed by atoms with van der Waals surface area (Å²) in [5, 5.41) is 5.76. The summed E-state index contributed by atoms with van der Waals surface area (Å²) in [7, 11) is 0. The summed E-state index contributed by atoms with van der Waals surface area (Å²) in [4.78, 5) is 28.3. The minimum absolute atomic E-state index is 0.0165. The van der Waals surface area contributed by atoms with Crippen molar-refractivity contribution in [3.05, 3.63) is 24.3 Å². The molecule has 2 aliphatic rings. The van der Waals surface area contributed by atoms with Crippen LogP contribution in [-0.2, 0) is 4.79 Å². The zero-order valence-corrected chi connectivity index (χ0v) is 14.3. The number of amides is 3. The van der Waals surface area contributed by atoms with Crippen LogP contribution in [-0.4, -0.2) is 54.0 Å². The lowest BCUT2D eigenvalue weighted by atomic mass is 10.00. The first-order valence-electron chi connectivity index (χ1n) is 8.85. The Morgan fingerprint density at radius 2 is 1.75 bits per heavy atom. The van der Waals surface area contributed by atoms with Crippen LogP contribution in [0.5, 0.6) is 0 Å². The highest BCUT2D eigenvalue weighted by molar-refractivity contribution is 5.92. The lowest BCUT2D eigenvalue weighted by Crippen LogP contribution is -2.56. The molecule has 2 fully saturated rings. The van der Waals surface area contributed by atoms with Crippen molar-refractivity contribution in [3.8, 4) is 0 Å². The fourth-order valence-corrected chi connectivity index (χ4v) is 3.43. The number of carbonyl (C=O) groups is 2. The maximum atomic E-state index is 12.5. The third kappa shape index (κ3) is 4.06. The lowest BCUT2D eigenvalue weighted by Gasteiger charge is -2.43. The molecule has 6 heteroatoms. The van der Waals surface area contributed by atoms with Gasteiger partial charge in [-0.1, -0.05) is 13.3 Å². The number of carbonyl (C=O) groups excluding carboxylic acids is 2. The van der Waals surface area contributed by atoms with Crippen molar-refractivity contribution in [2.75, 3.05) is 36.8 Å². The summed E-state index contributed by atoms with van der Waals surface area (Å²) < 4.78 is 0. The first-order chi connectivity index (χ1) is 11.7. The van der Waals surface area contributed by atoms with Gasteiger partial charge in [0.1, 0.15) is 0 Å². The molecule has 6 nitrogen and oxygen atoms in total. The van der Waals surface area contributed by atoms with E-state index in [9.17, 15) is 9.59 Å². The number of rotatable bonds is 3. The number of benzene rings is 1. The number of nitrogens with one attached hydrogen (secondary N) is 2. The molecule has 2 heterocycles. The fourth-order valence-electron chi connectivity index (χ4n) is 3.43. The molecular weight excluding hydrogens is 304 g/mol. The Morgan fingerprint density at radius 1 is 1.04 bits per heavy atom. The topological polar surface area (TPSA) is 64.7 Å². The smallest absolute Gasteiger partial charge is 0.321 e. The van der Waals surface area contributed by atoms with Crippen LogP contribution < -0.4 is 10.6 Å². The standard InChI is InChI=1S/C18H26N4O2/c1-2-17(23)19-14-6-8-15(9-7-14)20-18(24)22-12-11-21-10-4-3-5-16(21)13-22/h6-9,16H,2-5,10-13H2,1H3,(H,19,23)(H,20,24)/t16-/m0/s1. The average molecular weight is 330 g/mol. The Morgan fingerprint density at radius 3 is 2.46 bits per heavy atom. The molecule has 0 aromatic heterocycles. The van der Waals surface area contributed by atoms with E-state index in [4.69, 9.17) is 0 Å². The van der Waals surface area contributed by atoms with E-state index in [1.165, 1.54) is 25.8 Å². The second kappa shape index (κ2) is 7.66. The van der Waals surface area contributed by atoms with E-state index >= 15 is 0 Å². The van der Waals surface area contributed by atoms with Crippen molar-refractivity contribution in [2.45, 2.75) is 38.6 Å². The molecule has 2 aliphatic heterocycles. The van der Waals surface area contributed by atoms with E-state index in [0.29, 0.717) is 12.5 Å². The van der Waals surface area contributed by atoms with Gasteiger partial charge in [0.25, 0.3) is 0 Å². The predicted molar refractivity (Wildman–Crippen MR) is 95.2 cm³/mol. The maximum Gasteiger partial charge on any atom is 0.321 e. The minimum Gasteiger partial charge on any atom is -0.326 e. The van der Waals surface area contributed by atoms with Gasteiger partial charge in [0.05, 0.1) is 0 Å². The number of piperazine rings is 1. The van der Waals surface area contributed by atoms with Gasteiger partial charge in [-0.3, -0.25) is 9.69 Å². The Labute approximate surface area is 143 Å². The Bertz CT molecular complexity index is 587. The number of fused-ring (bicyclic) bond motifs is 1. The number of nitrogens with zero attached hydrogens (tertiary/aromatic N) is 2. The first kappa shape index (κ1) is 16.8. The van der Waals surface area contributed by atoms with Gasteiger partial charge in [-0.05, 0) is 43.7 Å². The van der Waals surface area contributed by atoms with Crippen LogP contribution in [0.3, 0.4) is 0 Å². The summed E-state index contributed by atoms with van der Waals surface area (Å²) in [6.07, 6.45) is 4.19. The molecule has 2 N–H and O–H groups in total. The molecule has 0 bridgehead atoms. The third-order valence-electron chi connectivity index (χ3n) is 4.87. The zero-order chi connectivity index (χ0) is 16.9. The van der Waals surface area contributed by atoms with E-state index < -0.39 is 0 Å². The van der Waals surface area contributed by atoms with Gasteiger partial charge in [-0.15, -0.1) is 0 Å². The van der Waals surface area contributed by atoms with Crippen LogP contribution in [0.2, 0.25) is 0 Å². The Hall–Kier alpha value is -2.08. The summed E-state index contributed by atoms with van der Waals surface area (Å²) in [6, 6.07) is 7.74. The highest BCUT2D eigenvalue weighted by atomic mass is 16.2. The third-order valence-corrected chi connectivity index (χ3v) is 4.87. The maximum absolute atomic E-state index is 12.5. The monoisotopic (exact) mass is 330 g/mol. The van der Waals surface area contributed by atoms with Crippen LogP contribution in [0, 0.1) is 0 Å². The quantitative estimate of drug-likeness (QED) is 0.896. The molecule has 2 saturated heterocycles. The molecule has 1 aromatic carbocycles. The van der Waals surface area contributed by atoms with Gasteiger partial charge in [0, 0.05) is 43.5 Å². The van der Waals surface area contributed by atoms with Crippen molar-refractivity contribution < 1.29 is 9.59 Å². The normalized spacial score (nSPS) is 21.0. The lowest BCUT2D eigenvalue weighted by molar-refractivity contribution is -0.115. The highest BCUT2D eigenvalue weighted by Crippen LogP contribution is 2.22. The van der Waals surface area contributed by atoms with E-state index in [1.807, 2.05) is 36.1 Å². The van der Waals surface area contributed by atoms with E-state index in [2.05, 4.69) is 15.5 Å². The van der Waals surface area contributed by atoms with Crippen molar-refractivity contribution in [1.29, 1.82) is 0 Å². The average Bonchev–Trinajstić information content (AvgIpc) is 2.62. The molecule has 24 heavy (non-hydrogen) atoms. The van der Waals surface area contributed by atoms with Crippen molar-refractivity contribution in [1.82, 2.24) is 9.80 Å². The van der Waals surface area contributed by atoms with Gasteiger partial charge >= 0.3 is 6.03 Å². The number of hydrogen-bond acceptors (Lipinski definition) is 3. The number of urea groups is 1. The second-order valence-corrected chi connectivity index (χ2v) is 6.54. The molecular formula is C18H26N4O2. The van der Waals surface area contributed by atoms with Crippen LogP contribution in [0.15, 0.2) is 24.3 Å². The summed E-state index contributed by atoms with van der Waals surface area (Å²) in [5.74, 6) is -0.0165. The Kier molecular flexibility index (Phi) is 5.35. The number of hydrogen-bond donors (Lipinski definition) is 2. The summed E-state index contributed by atoms with van der Waals surface area (Å²) in [6.45, 7) is 5.56. The molecule has 0 spiro atoms. The summed E-state index contributed by atoms with van der Waals surface area (Å²) in [5.41, 5.74) is 1.50. The van der Waals surface area contributed by atoms with Crippen molar-refractivity contribution >= 4 is 23.3 Å². The fraction of sp³-hybridized carbons (Fsp3) is 0.556. The van der Waals surface area contributed by atoms with Gasteiger partial charge in [0.15, 0.2) is 0 Å². The molecule has 1 atom stereocenters. The second-order valence-electron chi connectivity index (χ2n) is 6.54. The van der Waals surface area contributed by atoms with Crippen LogP contribution >= 0.6 is 0 Å². The van der Waals surface area contributed by atoms with Crippen LogP contribution in [0.4, 0.5) is 16.2 Å². The molecule has 0 aliphatic carbocycles. The van der Waals surface area contributed by atoms with Gasteiger partial charge < -0.3 is 15.5 Å². The van der Waals surface area contributed by atoms with Gasteiger partial charge in [-0.2, -0.15) is 0 Å². The first-order valence-corrected chi connectivity index (χ1v) is 8.85. The van der Waals surface area contributed by atoms with E-state index in [-0.39, 0.29) is 11.9 Å².